The van der Waals surface area contributed by atoms with Gasteiger partial charge >= 0.3 is 0 Å². The summed E-state index contributed by atoms with van der Waals surface area (Å²) in [5.41, 5.74) is 1.54. The van der Waals surface area contributed by atoms with Crippen molar-refractivity contribution in [2.75, 3.05) is 38.2 Å². The van der Waals surface area contributed by atoms with Gasteiger partial charge in [0.2, 0.25) is 15.2 Å². The lowest BCUT2D eigenvalue weighted by atomic mass is 10.1. The highest BCUT2D eigenvalue weighted by atomic mass is 32.2. The van der Waals surface area contributed by atoms with Crippen molar-refractivity contribution in [3.63, 3.8) is 0 Å². The maximum Gasteiger partial charge on any atom is 0.243 e. The average molecular weight is 493 g/mol. The van der Waals surface area contributed by atoms with Crippen molar-refractivity contribution in [3.8, 4) is 5.75 Å². The van der Waals surface area contributed by atoms with E-state index in [1.54, 1.807) is 50.4 Å². The quantitative estimate of drug-likeness (QED) is 0.401. The molecule has 0 saturated carbocycles. The van der Waals surface area contributed by atoms with Crippen LogP contribution in [0.15, 0.2) is 47.4 Å². The molecule has 0 atom stereocenters. The number of aryl methyl sites for hydroxylation is 1. The zero-order chi connectivity index (χ0) is 24.0. The number of benzene rings is 2. The molecule has 0 unspecified atom stereocenters. The highest BCUT2D eigenvalue weighted by Crippen LogP contribution is 2.22. The molecule has 0 spiro atoms. The van der Waals surface area contributed by atoms with Gasteiger partial charge in [0.1, 0.15) is 17.4 Å². The summed E-state index contributed by atoms with van der Waals surface area (Å²) in [6.45, 7) is 7.40. The van der Waals surface area contributed by atoms with Crippen LogP contribution in [0.25, 0.3) is 0 Å². The number of sulfonamides is 1. The molecular formula is C23H29FN4O3S2. The molecule has 33 heavy (non-hydrogen) atoms. The minimum atomic E-state index is -3.62. The van der Waals surface area contributed by atoms with Crippen molar-refractivity contribution in [1.82, 2.24) is 13.7 Å². The van der Waals surface area contributed by atoms with Crippen molar-refractivity contribution in [1.29, 1.82) is 0 Å². The average Bonchev–Trinajstić information content (AvgIpc) is 3.27. The maximum absolute atomic E-state index is 13.5. The second kappa shape index (κ2) is 11.0. The number of rotatable bonds is 11. The molecule has 0 bridgehead atoms. The Balaban J connectivity index is 1.67. The summed E-state index contributed by atoms with van der Waals surface area (Å²) in [5.74, 6) is 1.04. The Morgan fingerprint density at radius 1 is 1.06 bits per heavy atom. The van der Waals surface area contributed by atoms with Crippen molar-refractivity contribution >= 4 is 26.7 Å². The molecule has 0 fully saturated rings. The van der Waals surface area contributed by atoms with Crippen LogP contribution in [0.3, 0.4) is 0 Å². The summed E-state index contributed by atoms with van der Waals surface area (Å²) in [6.07, 6.45) is 0.516. The molecule has 10 heteroatoms. The van der Waals surface area contributed by atoms with Crippen LogP contribution in [-0.4, -0.2) is 55.4 Å². The summed E-state index contributed by atoms with van der Waals surface area (Å²) in [4.78, 5) is 6.88. The van der Waals surface area contributed by atoms with Crippen LogP contribution in [0.2, 0.25) is 0 Å². The molecule has 0 aliphatic carbocycles. The topological polar surface area (TPSA) is 75.6 Å². The molecule has 3 aromatic rings. The first kappa shape index (κ1) is 25.1. The summed E-state index contributed by atoms with van der Waals surface area (Å²) in [5, 5.41) is 0.740. The maximum atomic E-state index is 13.5. The normalized spacial score (nSPS) is 11.7. The number of halogens is 1. The lowest BCUT2D eigenvalue weighted by Gasteiger charge is -2.25. The van der Waals surface area contributed by atoms with Crippen molar-refractivity contribution in [2.24, 2.45) is 0 Å². The van der Waals surface area contributed by atoms with Crippen LogP contribution in [-0.2, 0) is 16.4 Å². The fourth-order valence-corrected chi connectivity index (χ4v) is 5.63. The number of anilines is 1. The highest BCUT2D eigenvalue weighted by Gasteiger charge is 2.24. The highest BCUT2D eigenvalue weighted by molar-refractivity contribution is 7.89. The third-order valence-corrected chi connectivity index (χ3v) is 8.17. The lowest BCUT2D eigenvalue weighted by Crippen LogP contribution is -2.38. The number of methoxy groups -OCH3 is 1. The number of likely N-dealkylation sites (N-methyl/N-ethyl adjacent to an activating group) is 2. The van der Waals surface area contributed by atoms with Gasteiger partial charge in [-0.1, -0.05) is 19.1 Å². The van der Waals surface area contributed by atoms with Gasteiger partial charge in [0.05, 0.1) is 12.0 Å². The Hall–Kier alpha value is -2.56. The van der Waals surface area contributed by atoms with E-state index in [0.29, 0.717) is 49.7 Å². The van der Waals surface area contributed by atoms with Crippen molar-refractivity contribution < 1.29 is 17.5 Å². The molecule has 1 heterocycles. The van der Waals surface area contributed by atoms with Gasteiger partial charge in [0.25, 0.3) is 0 Å². The zero-order valence-corrected chi connectivity index (χ0v) is 20.9. The van der Waals surface area contributed by atoms with Crippen molar-refractivity contribution in [2.45, 2.75) is 32.1 Å². The van der Waals surface area contributed by atoms with E-state index < -0.39 is 10.0 Å². The van der Waals surface area contributed by atoms with E-state index in [1.807, 2.05) is 18.7 Å². The van der Waals surface area contributed by atoms with E-state index in [2.05, 4.69) is 9.36 Å². The van der Waals surface area contributed by atoms with E-state index >= 15 is 0 Å². The van der Waals surface area contributed by atoms with Gasteiger partial charge in [-0.3, -0.25) is 0 Å². The molecule has 1 aromatic heterocycles. The number of hydrogen-bond acceptors (Lipinski definition) is 7. The smallest absolute Gasteiger partial charge is 0.243 e. The number of hydrogen-bond donors (Lipinski definition) is 0. The van der Waals surface area contributed by atoms with E-state index in [1.165, 1.54) is 21.9 Å². The SMILES string of the molecule is CCN(CCN(CC)S(=O)(=O)c1ccc(OC)cc1)c1nc(Cc2ccc(F)c(C)c2)ns1. The van der Waals surface area contributed by atoms with E-state index in [-0.39, 0.29) is 10.7 Å². The van der Waals surface area contributed by atoms with Gasteiger partial charge in [-0.25, -0.2) is 17.8 Å². The Kier molecular flexibility index (Phi) is 8.39. The molecule has 0 aliphatic rings. The molecule has 0 N–H and O–H groups in total. The second-order valence-corrected chi connectivity index (χ2v) is 10.2. The number of nitrogens with zero attached hydrogens (tertiary/aromatic N) is 4. The summed E-state index contributed by atoms with van der Waals surface area (Å²) >= 11 is 1.28. The molecule has 0 saturated heterocycles. The van der Waals surface area contributed by atoms with Crippen LogP contribution in [0, 0.1) is 12.7 Å². The minimum Gasteiger partial charge on any atom is -0.497 e. The first-order chi connectivity index (χ1) is 15.8. The molecule has 2 aromatic carbocycles. The van der Waals surface area contributed by atoms with E-state index in [9.17, 15) is 12.8 Å². The van der Waals surface area contributed by atoms with Gasteiger partial charge in [-0.15, -0.1) is 0 Å². The van der Waals surface area contributed by atoms with Crippen LogP contribution in [0.5, 0.6) is 5.75 Å². The largest absolute Gasteiger partial charge is 0.497 e. The molecule has 178 valence electrons. The fourth-order valence-electron chi connectivity index (χ4n) is 3.41. The fraction of sp³-hybridized carbons (Fsp3) is 0.391. The first-order valence-electron chi connectivity index (χ1n) is 10.7. The van der Waals surface area contributed by atoms with Crippen molar-refractivity contribution in [3.05, 3.63) is 65.2 Å². The second-order valence-electron chi connectivity index (χ2n) is 7.51. The van der Waals surface area contributed by atoms with Crippen LogP contribution >= 0.6 is 11.5 Å². The molecule has 7 nitrogen and oxygen atoms in total. The molecule has 0 radical (unpaired) electrons. The Morgan fingerprint density at radius 2 is 1.79 bits per heavy atom. The Bertz CT molecular complexity index is 1170. The number of aromatic nitrogens is 2. The minimum absolute atomic E-state index is 0.229. The summed E-state index contributed by atoms with van der Waals surface area (Å²) in [7, 11) is -2.08. The van der Waals surface area contributed by atoms with Gasteiger partial charge in [-0.2, -0.15) is 8.68 Å². The third kappa shape index (κ3) is 6.07. The lowest BCUT2D eigenvalue weighted by molar-refractivity contribution is 0.413. The van der Waals surface area contributed by atoms with E-state index in [4.69, 9.17) is 4.74 Å². The monoisotopic (exact) mass is 492 g/mol. The molecule has 3 rings (SSSR count). The molecule has 0 amide bonds. The number of ether oxygens (including phenoxy) is 1. The predicted molar refractivity (Wildman–Crippen MR) is 129 cm³/mol. The van der Waals surface area contributed by atoms with Crippen LogP contribution in [0.4, 0.5) is 9.52 Å². The van der Waals surface area contributed by atoms with Crippen LogP contribution in [0.1, 0.15) is 30.8 Å². The third-order valence-electron chi connectivity index (χ3n) is 5.36. The molecular weight excluding hydrogens is 463 g/mol. The summed E-state index contributed by atoms with van der Waals surface area (Å²) < 4.78 is 50.7. The first-order valence-corrected chi connectivity index (χ1v) is 13.0. The van der Waals surface area contributed by atoms with Gasteiger partial charge in [0.15, 0.2) is 0 Å². The predicted octanol–water partition coefficient (Wildman–Crippen LogP) is 4.12. The van der Waals surface area contributed by atoms with Gasteiger partial charge < -0.3 is 9.64 Å². The van der Waals surface area contributed by atoms with E-state index in [0.717, 1.165) is 10.7 Å². The van der Waals surface area contributed by atoms with Crippen LogP contribution < -0.4 is 9.64 Å². The van der Waals surface area contributed by atoms with Gasteiger partial charge in [-0.05, 0) is 55.3 Å². The van der Waals surface area contributed by atoms with Gasteiger partial charge in [0, 0.05) is 44.1 Å². The molecule has 0 aliphatic heterocycles. The Labute approximate surface area is 199 Å². The zero-order valence-electron chi connectivity index (χ0n) is 19.3. The standard InChI is InChI=1S/C23H29FN4O3S2/c1-5-27(23-25-22(26-32-23)16-18-7-12-21(24)17(3)15-18)13-14-28(6-2)33(29,30)20-10-8-19(31-4)9-11-20/h7-12,15H,5-6,13-14,16H2,1-4H3. The summed E-state index contributed by atoms with van der Waals surface area (Å²) in [6, 6.07) is 11.4. The Morgan fingerprint density at radius 3 is 2.39 bits per heavy atom.